The fourth-order valence-corrected chi connectivity index (χ4v) is 13.0. The molecule has 0 aliphatic heterocycles. The number of nitrogens with zero attached hydrogens (tertiary/aromatic N) is 6. The van der Waals surface area contributed by atoms with Crippen LogP contribution in [0.4, 0.5) is 34.1 Å². The molecule has 0 fully saturated rings. The van der Waals surface area contributed by atoms with E-state index in [2.05, 4.69) is 240 Å². The summed E-state index contributed by atoms with van der Waals surface area (Å²) in [6.45, 7) is 0. The van der Waals surface area contributed by atoms with Crippen LogP contribution in [-0.4, -0.2) is 19.9 Å². The zero-order valence-electron chi connectivity index (χ0n) is 38.9. The van der Waals surface area contributed by atoms with Gasteiger partial charge in [0.1, 0.15) is 11.0 Å². The predicted molar refractivity (Wildman–Crippen MR) is 289 cm³/mol. The Hall–Kier alpha value is -9.26. The number of hydrogen-bond donors (Lipinski definition) is 0. The Morgan fingerprint density at radius 2 is 0.472 bits per heavy atom. The number of rotatable bonds is 6. The predicted octanol–water partition coefficient (Wildman–Crippen LogP) is 15.6. The van der Waals surface area contributed by atoms with Crippen LogP contribution >= 0.6 is 0 Å². The van der Waals surface area contributed by atoms with Gasteiger partial charge in [0, 0.05) is 33.5 Å². The van der Waals surface area contributed by atoms with Crippen LogP contribution in [0.25, 0.3) is 32.8 Å². The molecule has 0 spiro atoms. The highest BCUT2D eigenvalue weighted by molar-refractivity contribution is 6.23. The van der Waals surface area contributed by atoms with E-state index in [9.17, 15) is 0 Å². The number of hydrogen-bond acceptors (Lipinski definition) is 6. The fourth-order valence-electron chi connectivity index (χ4n) is 13.0. The SMILES string of the molecule is c1ccc(N(c2ccccc2)c2c3cc4nc5c(nc4cc3c(N(c3ccccc3)c3ccccc3)c3nc4c(nc23)C2c3ccccc3C4c3ccccc32)C2c3ccccc3C5c3ccccc32)cc1. The molecule has 2 aromatic heterocycles. The number of para-hydroxylation sites is 4. The van der Waals surface area contributed by atoms with Crippen molar-refractivity contribution in [2.24, 2.45) is 0 Å². The van der Waals surface area contributed by atoms with Gasteiger partial charge in [0.15, 0.2) is 0 Å². The molecule has 18 rings (SSSR count). The smallest absolute Gasteiger partial charge is 0.116 e. The quantitative estimate of drug-likeness (QED) is 0.122. The van der Waals surface area contributed by atoms with Crippen LogP contribution in [0.1, 0.15) is 91.0 Å². The van der Waals surface area contributed by atoms with Crippen LogP contribution < -0.4 is 9.80 Å². The lowest BCUT2D eigenvalue weighted by Crippen LogP contribution is -2.30. The van der Waals surface area contributed by atoms with E-state index >= 15 is 0 Å². The van der Waals surface area contributed by atoms with Gasteiger partial charge in [-0.05, 0) is 105 Å². The van der Waals surface area contributed by atoms with Crippen LogP contribution in [0, 0.1) is 0 Å². The summed E-state index contributed by atoms with van der Waals surface area (Å²) in [5.41, 5.74) is 23.8. The van der Waals surface area contributed by atoms with Crippen molar-refractivity contribution >= 4 is 67.0 Å². The van der Waals surface area contributed by atoms with Crippen molar-refractivity contribution in [3.8, 4) is 0 Å². The molecular formula is C66H42N6. The molecule has 0 unspecified atom stereocenters. The zero-order valence-corrected chi connectivity index (χ0v) is 38.9. The molecule has 4 bridgehead atoms. The van der Waals surface area contributed by atoms with E-state index < -0.39 is 0 Å². The monoisotopic (exact) mass is 918 g/mol. The molecule has 0 radical (unpaired) electrons. The summed E-state index contributed by atoms with van der Waals surface area (Å²) in [4.78, 5) is 28.6. The molecule has 0 amide bonds. The van der Waals surface area contributed by atoms with Gasteiger partial charge in [0.25, 0.3) is 0 Å². The van der Waals surface area contributed by atoms with E-state index in [-0.39, 0.29) is 23.7 Å². The molecule has 6 aliphatic carbocycles. The summed E-state index contributed by atoms with van der Waals surface area (Å²) in [5.74, 6) is -0.214. The average Bonchev–Trinajstić information content (AvgIpc) is 3.45. The van der Waals surface area contributed by atoms with Gasteiger partial charge in [-0.1, -0.05) is 170 Å². The van der Waals surface area contributed by atoms with E-state index in [4.69, 9.17) is 19.9 Å². The second kappa shape index (κ2) is 15.1. The van der Waals surface area contributed by atoms with Gasteiger partial charge in [-0.2, -0.15) is 0 Å². The van der Waals surface area contributed by atoms with Gasteiger partial charge in [0.2, 0.25) is 0 Å². The lowest BCUT2D eigenvalue weighted by atomic mass is 9.64. The van der Waals surface area contributed by atoms with Gasteiger partial charge < -0.3 is 9.80 Å². The Kier molecular flexibility index (Phi) is 8.31. The summed E-state index contributed by atoms with van der Waals surface area (Å²) >= 11 is 0. The molecule has 72 heavy (non-hydrogen) atoms. The maximum Gasteiger partial charge on any atom is 0.116 e. The molecule has 0 saturated heterocycles. The first-order valence-corrected chi connectivity index (χ1v) is 25.0. The zero-order chi connectivity index (χ0) is 47.0. The normalized spacial score (nSPS) is 17.2. The molecule has 0 saturated carbocycles. The molecule has 0 N–H and O–H groups in total. The first-order chi connectivity index (χ1) is 35.8. The molecule has 336 valence electrons. The minimum Gasteiger partial charge on any atom is -0.308 e. The van der Waals surface area contributed by atoms with E-state index in [0.717, 1.165) is 89.7 Å². The second-order valence-electron chi connectivity index (χ2n) is 19.5. The van der Waals surface area contributed by atoms with Crippen LogP contribution in [0.5, 0.6) is 0 Å². The fraction of sp³-hybridized carbons (Fsp3) is 0.0606. The highest BCUT2D eigenvalue weighted by atomic mass is 15.2. The van der Waals surface area contributed by atoms with Crippen LogP contribution in [0.3, 0.4) is 0 Å². The summed E-state index contributed by atoms with van der Waals surface area (Å²) < 4.78 is 0. The summed E-state index contributed by atoms with van der Waals surface area (Å²) in [6.07, 6.45) is 0. The van der Waals surface area contributed by atoms with Crippen molar-refractivity contribution in [2.75, 3.05) is 9.80 Å². The Morgan fingerprint density at radius 3 is 0.722 bits per heavy atom. The Bertz CT molecular complexity index is 3760. The van der Waals surface area contributed by atoms with Crippen molar-refractivity contribution in [2.45, 2.75) is 23.7 Å². The van der Waals surface area contributed by atoms with Crippen molar-refractivity contribution < 1.29 is 0 Å². The first-order valence-electron chi connectivity index (χ1n) is 25.0. The number of anilines is 6. The average molecular weight is 919 g/mol. The molecule has 0 atom stereocenters. The third-order valence-corrected chi connectivity index (χ3v) is 15.8. The Morgan fingerprint density at radius 1 is 0.250 bits per heavy atom. The number of benzene rings is 10. The highest BCUT2D eigenvalue weighted by Gasteiger charge is 2.46. The minimum atomic E-state index is -0.0854. The Labute approximate surface area is 416 Å². The van der Waals surface area contributed by atoms with Gasteiger partial charge in [-0.25, -0.2) is 19.9 Å². The van der Waals surface area contributed by atoms with Crippen molar-refractivity contribution in [3.05, 3.63) is 298 Å². The van der Waals surface area contributed by atoms with E-state index in [1.807, 2.05) is 0 Å². The lowest BCUT2D eigenvalue weighted by Gasteiger charge is -2.41. The maximum absolute atomic E-state index is 6.11. The molecule has 2 heterocycles. The van der Waals surface area contributed by atoms with Crippen LogP contribution in [0.2, 0.25) is 0 Å². The largest absolute Gasteiger partial charge is 0.308 e. The third-order valence-electron chi connectivity index (χ3n) is 15.8. The third kappa shape index (κ3) is 5.49. The number of fused-ring (bicyclic) bond motifs is 3. The first kappa shape index (κ1) is 39.6. The van der Waals surface area contributed by atoms with Gasteiger partial charge in [0.05, 0.1) is 68.9 Å². The van der Waals surface area contributed by atoms with Gasteiger partial charge >= 0.3 is 0 Å². The van der Waals surface area contributed by atoms with Gasteiger partial charge in [-0.15, -0.1) is 0 Å². The van der Waals surface area contributed by atoms with E-state index in [0.29, 0.717) is 0 Å². The van der Waals surface area contributed by atoms with Crippen molar-refractivity contribution in [3.63, 3.8) is 0 Å². The molecule has 10 aromatic carbocycles. The molecule has 12 aromatic rings. The Balaban J connectivity index is 1.09. The standard InChI is InChI=1S/C66H42N6/c1-5-21-39(22-6-1)71(40-23-7-2-8-24-40)65-51-37-53-54(68-60-56-45-31-15-13-29-43(45)55(59(60)67-53)44-30-14-16-32-46(44)56)38-52(51)66(72(41-25-9-3-10-26-41)42-27-11-4-12-28-42)64-63(65)69-61-57-47-33-17-19-35-49(47)58(62(61)70-64)50-36-20-18-34-48(50)57/h1-38,55-58H. The van der Waals surface area contributed by atoms with Gasteiger partial charge in [-0.3, -0.25) is 0 Å². The number of aromatic nitrogens is 4. The molecular weight excluding hydrogens is 877 g/mol. The minimum absolute atomic E-state index is 0.0213. The van der Waals surface area contributed by atoms with Crippen molar-refractivity contribution in [1.29, 1.82) is 0 Å². The second-order valence-corrected chi connectivity index (χ2v) is 19.5. The molecule has 6 nitrogen and oxygen atoms in total. The maximum atomic E-state index is 6.11. The highest BCUT2D eigenvalue weighted by Crippen LogP contribution is 2.59. The van der Waals surface area contributed by atoms with E-state index in [1.165, 1.54) is 44.5 Å². The summed E-state index contributed by atoms with van der Waals surface area (Å²) in [7, 11) is 0. The van der Waals surface area contributed by atoms with E-state index in [1.54, 1.807) is 0 Å². The topological polar surface area (TPSA) is 58.0 Å². The molecule has 6 heteroatoms. The van der Waals surface area contributed by atoms with Crippen molar-refractivity contribution in [1.82, 2.24) is 19.9 Å². The molecule has 6 aliphatic rings. The van der Waals surface area contributed by atoms with Crippen LogP contribution in [-0.2, 0) is 0 Å². The van der Waals surface area contributed by atoms with Crippen LogP contribution in [0.15, 0.2) is 231 Å². The summed E-state index contributed by atoms with van der Waals surface area (Å²) in [6, 6.07) is 83.2. The lowest BCUT2D eigenvalue weighted by molar-refractivity contribution is 0.709. The summed E-state index contributed by atoms with van der Waals surface area (Å²) in [5, 5.41) is 2.00.